The van der Waals surface area contributed by atoms with E-state index < -0.39 is 58.3 Å². The van der Waals surface area contributed by atoms with Crippen molar-refractivity contribution in [3.8, 4) is 22.9 Å². The molecule has 0 fully saturated rings. The van der Waals surface area contributed by atoms with Gasteiger partial charge in [-0.2, -0.15) is 0 Å². The summed E-state index contributed by atoms with van der Waals surface area (Å²) in [7, 11) is 1.16. The Morgan fingerprint density at radius 3 is 2.56 bits per heavy atom. The largest absolute Gasteiger partial charge is 0.507 e. The average Bonchev–Trinajstić information content (AvgIpc) is 3.22. The van der Waals surface area contributed by atoms with Gasteiger partial charge >= 0.3 is 11.7 Å². The molecule has 0 bridgehead atoms. The second kappa shape index (κ2) is 8.59. The Labute approximate surface area is 190 Å². The average molecular weight is 494 g/mol. The first-order valence-corrected chi connectivity index (χ1v) is 10.2. The molecule has 0 amide bonds. The number of H-pyrrole nitrogens is 1. The maximum atomic E-state index is 14.9. The van der Waals surface area contributed by atoms with Crippen LogP contribution in [0.25, 0.3) is 16.6 Å². The molecule has 0 radical (unpaired) electrons. The number of aromatic nitrogens is 2. The zero-order valence-electron chi connectivity index (χ0n) is 17.0. The van der Waals surface area contributed by atoms with Crippen molar-refractivity contribution < 1.29 is 37.7 Å². The summed E-state index contributed by atoms with van der Waals surface area (Å²) in [5, 5.41) is 20.1. The van der Waals surface area contributed by atoms with Gasteiger partial charge in [0.15, 0.2) is 29.0 Å². The van der Waals surface area contributed by atoms with Crippen molar-refractivity contribution in [3.63, 3.8) is 0 Å². The van der Waals surface area contributed by atoms with Crippen molar-refractivity contribution in [2.45, 2.75) is 6.61 Å². The van der Waals surface area contributed by atoms with Crippen LogP contribution in [0.3, 0.4) is 0 Å². The normalized spacial score (nSPS) is 11.1. The highest BCUT2D eigenvalue weighted by molar-refractivity contribution is 7.13. The summed E-state index contributed by atoms with van der Waals surface area (Å²) in [5.41, 5.74) is -3.34. The first-order chi connectivity index (χ1) is 16.1. The SMILES string of the molecule is COc1cc(F)c(-n2c(=O)[nH]c3csc(C(=O)O)c3c2=O)cc1OCc1c(O)ccc(F)c1F. The number of carboxylic acids is 1. The van der Waals surface area contributed by atoms with E-state index in [1.54, 1.807) is 0 Å². The van der Waals surface area contributed by atoms with Crippen molar-refractivity contribution in [3.05, 3.63) is 78.4 Å². The van der Waals surface area contributed by atoms with Crippen LogP contribution in [0, 0.1) is 17.5 Å². The van der Waals surface area contributed by atoms with Crippen LogP contribution >= 0.6 is 11.3 Å². The minimum Gasteiger partial charge on any atom is -0.507 e. The van der Waals surface area contributed by atoms with Crippen LogP contribution in [0.15, 0.2) is 39.2 Å². The van der Waals surface area contributed by atoms with Crippen molar-refractivity contribution >= 4 is 28.2 Å². The fourth-order valence-corrected chi connectivity index (χ4v) is 4.08. The number of methoxy groups -OCH3 is 1. The van der Waals surface area contributed by atoms with Gasteiger partial charge in [-0.1, -0.05) is 0 Å². The van der Waals surface area contributed by atoms with Gasteiger partial charge in [-0.15, -0.1) is 11.3 Å². The number of fused-ring (bicyclic) bond motifs is 1. The second-order valence-electron chi connectivity index (χ2n) is 6.83. The molecule has 0 aliphatic carbocycles. The van der Waals surface area contributed by atoms with Crippen molar-refractivity contribution in [1.82, 2.24) is 9.55 Å². The van der Waals surface area contributed by atoms with Crippen molar-refractivity contribution in [1.29, 1.82) is 0 Å². The first kappa shape index (κ1) is 22.9. The van der Waals surface area contributed by atoms with Crippen LogP contribution in [-0.2, 0) is 6.61 Å². The Morgan fingerprint density at radius 2 is 1.88 bits per heavy atom. The summed E-state index contributed by atoms with van der Waals surface area (Å²) >= 11 is 0.709. The van der Waals surface area contributed by atoms with Gasteiger partial charge in [-0.05, 0) is 12.1 Å². The third-order valence-electron chi connectivity index (χ3n) is 4.86. The Hall–Kier alpha value is -4.26. The van der Waals surface area contributed by atoms with E-state index in [9.17, 15) is 37.8 Å². The van der Waals surface area contributed by atoms with Gasteiger partial charge in [0, 0.05) is 17.5 Å². The zero-order chi connectivity index (χ0) is 24.7. The lowest BCUT2D eigenvalue weighted by Crippen LogP contribution is -2.34. The van der Waals surface area contributed by atoms with Gasteiger partial charge in [0.25, 0.3) is 5.56 Å². The predicted octanol–water partition coefficient (Wildman–Crippen LogP) is 3.15. The number of thiophene rings is 1. The third kappa shape index (κ3) is 3.75. The molecule has 34 heavy (non-hydrogen) atoms. The molecular formula is C21H13F3N2O7S. The van der Waals surface area contributed by atoms with Gasteiger partial charge < -0.3 is 24.7 Å². The number of aromatic hydroxyl groups is 1. The number of nitrogens with one attached hydrogen (secondary N) is 1. The number of phenolic OH excluding ortho intramolecular Hbond substituents is 1. The minimum atomic E-state index is -1.41. The van der Waals surface area contributed by atoms with Crippen molar-refractivity contribution in [2.75, 3.05) is 7.11 Å². The summed E-state index contributed by atoms with van der Waals surface area (Å²) in [4.78, 5) is 39.0. The van der Waals surface area contributed by atoms with Crippen LogP contribution in [0.4, 0.5) is 13.2 Å². The zero-order valence-corrected chi connectivity index (χ0v) is 17.8. The van der Waals surface area contributed by atoms with Crippen LogP contribution in [0.2, 0.25) is 0 Å². The Bertz CT molecular complexity index is 1580. The van der Waals surface area contributed by atoms with Gasteiger partial charge in [0.05, 0.1) is 29.3 Å². The predicted molar refractivity (Wildman–Crippen MR) is 114 cm³/mol. The monoisotopic (exact) mass is 494 g/mol. The van der Waals surface area contributed by atoms with Crippen LogP contribution in [-0.4, -0.2) is 32.8 Å². The fraction of sp³-hybridized carbons (Fsp3) is 0.0952. The van der Waals surface area contributed by atoms with E-state index in [1.807, 2.05) is 0 Å². The molecule has 4 rings (SSSR count). The highest BCUT2D eigenvalue weighted by Crippen LogP contribution is 2.33. The molecule has 2 aromatic heterocycles. The molecule has 0 aliphatic rings. The van der Waals surface area contributed by atoms with E-state index in [4.69, 9.17) is 9.47 Å². The number of hydrogen-bond acceptors (Lipinski definition) is 7. The molecule has 3 N–H and O–H groups in total. The van der Waals surface area contributed by atoms with E-state index in [0.29, 0.717) is 15.9 Å². The van der Waals surface area contributed by atoms with E-state index in [0.717, 1.165) is 31.4 Å². The topological polar surface area (TPSA) is 131 Å². The lowest BCUT2D eigenvalue weighted by molar-refractivity contribution is 0.0704. The van der Waals surface area contributed by atoms with E-state index in [2.05, 4.69) is 4.98 Å². The highest BCUT2D eigenvalue weighted by atomic mass is 32.1. The number of benzene rings is 2. The van der Waals surface area contributed by atoms with Gasteiger partial charge in [0.1, 0.15) is 17.2 Å². The number of halogens is 3. The summed E-state index contributed by atoms with van der Waals surface area (Å²) < 4.78 is 53.2. The number of ether oxygens (including phenoxy) is 2. The molecule has 0 unspecified atom stereocenters. The fourth-order valence-electron chi connectivity index (χ4n) is 3.25. The molecule has 0 aliphatic heterocycles. The molecule has 0 atom stereocenters. The number of nitrogens with zero attached hydrogens (tertiary/aromatic N) is 1. The Kier molecular flexibility index (Phi) is 5.79. The third-order valence-corrected chi connectivity index (χ3v) is 5.83. The molecule has 0 saturated heterocycles. The van der Waals surface area contributed by atoms with Crippen LogP contribution < -0.4 is 20.7 Å². The second-order valence-corrected chi connectivity index (χ2v) is 7.71. The van der Waals surface area contributed by atoms with Crippen molar-refractivity contribution in [2.24, 2.45) is 0 Å². The van der Waals surface area contributed by atoms with Gasteiger partial charge in [-0.3, -0.25) is 4.79 Å². The summed E-state index contributed by atoms with van der Waals surface area (Å²) in [6.45, 7) is -0.713. The number of aromatic carboxylic acids is 1. The summed E-state index contributed by atoms with van der Waals surface area (Å²) in [5.74, 6) is -6.20. The van der Waals surface area contributed by atoms with Gasteiger partial charge in [-0.25, -0.2) is 27.3 Å². The Morgan fingerprint density at radius 1 is 1.15 bits per heavy atom. The lowest BCUT2D eigenvalue weighted by Gasteiger charge is -2.15. The van der Waals surface area contributed by atoms with E-state index in [-0.39, 0.29) is 27.3 Å². The standard InChI is InChI=1S/C21H13F3N2O7S/c1-32-14-4-10(23)12(5-15(14)33-6-8-13(27)3-2-9(22)17(8)24)26-19(28)16-11(25-21(26)31)7-34-18(16)20(29)30/h2-5,7,27H,6H2,1H3,(H,25,31)(H,29,30). The number of rotatable bonds is 6. The maximum absolute atomic E-state index is 14.9. The molecule has 13 heteroatoms. The summed E-state index contributed by atoms with van der Waals surface area (Å²) in [6.07, 6.45) is 0. The number of aromatic amines is 1. The molecule has 2 aromatic carbocycles. The highest BCUT2D eigenvalue weighted by Gasteiger charge is 2.22. The van der Waals surface area contributed by atoms with E-state index in [1.165, 1.54) is 5.38 Å². The number of carboxylic acid groups (broad SMARTS) is 1. The Balaban J connectivity index is 1.86. The number of hydrogen-bond donors (Lipinski definition) is 3. The lowest BCUT2D eigenvalue weighted by atomic mass is 10.2. The smallest absolute Gasteiger partial charge is 0.346 e. The maximum Gasteiger partial charge on any atom is 0.346 e. The number of carbonyl (C=O) groups is 1. The molecule has 0 spiro atoms. The molecule has 4 aromatic rings. The van der Waals surface area contributed by atoms with Crippen LogP contribution in [0.5, 0.6) is 17.2 Å². The molecular weight excluding hydrogens is 481 g/mol. The quantitative estimate of drug-likeness (QED) is 0.375. The minimum absolute atomic E-state index is 0.0314. The van der Waals surface area contributed by atoms with E-state index >= 15 is 0 Å². The summed E-state index contributed by atoms with van der Waals surface area (Å²) in [6, 6.07) is 3.32. The van der Waals surface area contributed by atoms with Gasteiger partial charge in [0.2, 0.25) is 0 Å². The molecule has 9 nitrogen and oxygen atoms in total. The molecule has 0 saturated carbocycles. The molecule has 176 valence electrons. The molecule has 2 heterocycles. The first-order valence-electron chi connectivity index (χ1n) is 9.30. The number of phenols is 1. The van der Waals surface area contributed by atoms with Crippen LogP contribution in [0.1, 0.15) is 15.2 Å².